The van der Waals surface area contributed by atoms with Crippen molar-refractivity contribution in [2.75, 3.05) is 26.2 Å². The van der Waals surface area contributed by atoms with Crippen molar-refractivity contribution < 1.29 is 14.3 Å². The molecule has 0 radical (unpaired) electrons. The number of ether oxygens (including phenoxy) is 1. The maximum atomic E-state index is 13.3. The summed E-state index contributed by atoms with van der Waals surface area (Å²) in [7, 11) is 1.89. The second kappa shape index (κ2) is 9.78. The number of aryl methyl sites for hydroxylation is 1. The summed E-state index contributed by atoms with van der Waals surface area (Å²) in [6.45, 7) is 5.61. The first kappa shape index (κ1) is 24.1. The third-order valence-electron chi connectivity index (χ3n) is 6.50. The van der Waals surface area contributed by atoms with Crippen LogP contribution in [0.1, 0.15) is 30.6 Å². The first-order chi connectivity index (χ1) is 17.3. The van der Waals surface area contributed by atoms with Crippen LogP contribution in [0.4, 0.5) is 4.79 Å². The predicted octanol–water partition coefficient (Wildman–Crippen LogP) is 5.13. The van der Waals surface area contributed by atoms with Gasteiger partial charge in [0.05, 0.1) is 28.4 Å². The number of halogens is 1. The summed E-state index contributed by atoms with van der Waals surface area (Å²) >= 11 is 6.61. The highest BCUT2D eigenvalue weighted by Gasteiger charge is 2.31. The molecule has 4 aromatic rings. The Hall–Kier alpha value is -3.65. The van der Waals surface area contributed by atoms with Crippen LogP contribution < -0.4 is 0 Å². The number of fused-ring (bicyclic) bond motifs is 2. The number of amides is 2. The van der Waals surface area contributed by atoms with Gasteiger partial charge in [0.1, 0.15) is 0 Å². The van der Waals surface area contributed by atoms with E-state index in [-0.39, 0.29) is 18.0 Å². The number of pyridine rings is 1. The van der Waals surface area contributed by atoms with Gasteiger partial charge in [-0.15, -0.1) is 0 Å². The van der Waals surface area contributed by atoms with Crippen molar-refractivity contribution in [3.63, 3.8) is 0 Å². The van der Waals surface area contributed by atoms with Crippen molar-refractivity contribution in [3.05, 3.63) is 59.2 Å². The van der Waals surface area contributed by atoms with E-state index in [1.807, 2.05) is 57.4 Å². The summed E-state index contributed by atoms with van der Waals surface area (Å²) in [5, 5.41) is 6.81. The van der Waals surface area contributed by atoms with Crippen molar-refractivity contribution >= 4 is 45.4 Å². The Morgan fingerprint density at radius 1 is 1.11 bits per heavy atom. The maximum Gasteiger partial charge on any atom is 0.410 e. The van der Waals surface area contributed by atoms with Crippen LogP contribution in [0.5, 0.6) is 0 Å². The van der Waals surface area contributed by atoms with Crippen molar-refractivity contribution in [2.24, 2.45) is 7.05 Å². The molecule has 0 unspecified atom stereocenters. The van der Waals surface area contributed by atoms with E-state index < -0.39 is 0 Å². The molecule has 2 amide bonds. The lowest BCUT2D eigenvalue weighted by Gasteiger charge is -2.39. The summed E-state index contributed by atoms with van der Waals surface area (Å²) < 4.78 is 7.05. The van der Waals surface area contributed by atoms with Gasteiger partial charge in [-0.05, 0) is 43.7 Å². The zero-order valence-electron chi connectivity index (χ0n) is 20.6. The van der Waals surface area contributed by atoms with E-state index in [9.17, 15) is 9.59 Å². The number of nitrogens with zero attached hydrogens (tertiary/aromatic N) is 5. The van der Waals surface area contributed by atoms with Crippen LogP contribution in [0.2, 0.25) is 5.02 Å². The van der Waals surface area contributed by atoms with Gasteiger partial charge < -0.3 is 14.5 Å². The van der Waals surface area contributed by atoms with Crippen LogP contribution in [0.3, 0.4) is 0 Å². The minimum absolute atomic E-state index is 0.0922. The monoisotopic (exact) mass is 505 g/mol. The Balaban J connectivity index is 1.39. The molecule has 1 saturated heterocycles. The van der Waals surface area contributed by atoms with Gasteiger partial charge in [0.25, 0.3) is 5.91 Å². The van der Waals surface area contributed by atoms with Gasteiger partial charge >= 0.3 is 6.09 Å². The highest BCUT2D eigenvalue weighted by atomic mass is 35.5. The van der Waals surface area contributed by atoms with E-state index in [0.717, 1.165) is 34.0 Å². The van der Waals surface area contributed by atoms with E-state index in [4.69, 9.17) is 21.3 Å². The van der Waals surface area contributed by atoms with E-state index in [1.165, 1.54) is 0 Å². The number of aromatic nitrogens is 3. The van der Waals surface area contributed by atoms with Gasteiger partial charge in [-0.1, -0.05) is 30.7 Å². The molecule has 0 spiro atoms. The summed E-state index contributed by atoms with van der Waals surface area (Å²) in [6.07, 6.45) is 2.42. The molecule has 0 bridgehead atoms. The van der Waals surface area contributed by atoms with Crippen molar-refractivity contribution in [1.82, 2.24) is 24.6 Å². The number of hydrogen-bond donors (Lipinski definition) is 0. The fraction of sp³-hybridized carbons (Fsp3) is 0.333. The molecular formula is C27H28ClN5O3. The Labute approximate surface area is 214 Å². The van der Waals surface area contributed by atoms with Gasteiger partial charge in [0.2, 0.25) is 0 Å². The molecule has 3 heterocycles. The van der Waals surface area contributed by atoms with Gasteiger partial charge in [-0.25, -0.2) is 9.78 Å². The van der Waals surface area contributed by atoms with E-state index >= 15 is 0 Å². The molecule has 0 N–H and O–H groups in total. The first-order valence-corrected chi connectivity index (χ1v) is 12.5. The third-order valence-corrected chi connectivity index (χ3v) is 6.81. The Kier molecular flexibility index (Phi) is 6.53. The summed E-state index contributed by atoms with van der Waals surface area (Å²) in [5.41, 5.74) is 3.77. The molecule has 2 aromatic carbocycles. The molecule has 0 saturated carbocycles. The normalized spacial score (nSPS) is 16.1. The average molecular weight is 506 g/mol. The molecular weight excluding hydrogens is 478 g/mol. The van der Waals surface area contributed by atoms with Gasteiger partial charge in [0.15, 0.2) is 0 Å². The molecule has 186 valence electrons. The second-order valence-electron chi connectivity index (χ2n) is 9.21. The smallest absolute Gasteiger partial charge is 0.410 e. The molecule has 9 heteroatoms. The quantitative estimate of drug-likeness (QED) is 0.384. The average Bonchev–Trinajstić information content (AvgIpc) is 3.25. The topological polar surface area (TPSA) is 80.6 Å². The Morgan fingerprint density at radius 3 is 2.72 bits per heavy atom. The number of rotatable bonds is 4. The zero-order valence-corrected chi connectivity index (χ0v) is 21.3. The lowest BCUT2D eigenvalue weighted by molar-refractivity contribution is 0.0412. The summed E-state index contributed by atoms with van der Waals surface area (Å²) in [6, 6.07) is 13.1. The number of carbonyl (C=O) groups is 2. The first-order valence-electron chi connectivity index (χ1n) is 12.1. The minimum Gasteiger partial charge on any atom is -0.449 e. The lowest BCUT2D eigenvalue weighted by atomic mass is 10.1. The van der Waals surface area contributed by atoms with Gasteiger partial charge in [-0.2, -0.15) is 5.10 Å². The molecule has 0 aliphatic carbocycles. The van der Waals surface area contributed by atoms with Gasteiger partial charge in [0, 0.05) is 60.8 Å². The molecule has 8 nitrogen and oxygen atoms in total. The van der Waals surface area contributed by atoms with Crippen LogP contribution in [0.15, 0.2) is 48.7 Å². The number of hydrogen-bond acceptors (Lipinski definition) is 5. The van der Waals surface area contributed by atoms with Gasteiger partial charge in [-0.3, -0.25) is 9.48 Å². The van der Waals surface area contributed by atoms with Crippen LogP contribution in [0, 0.1) is 0 Å². The number of piperazine rings is 1. The number of carbonyl (C=O) groups excluding carboxylic acids is 2. The SMILES string of the molecule is CCCOC(=O)N1CCN(C(=O)c2ccc3c(Cl)cc(-c4ccc5nn(C)cc5c4)nc3c2)C[C@@H]1C. The largest absolute Gasteiger partial charge is 0.449 e. The Morgan fingerprint density at radius 2 is 1.94 bits per heavy atom. The van der Waals surface area contributed by atoms with Crippen molar-refractivity contribution in [2.45, 2.75) is 26.3 Å². The molecule has 1 aliphatic heterocycles. The molecule has 2 aromatic heterocycles. The van der Waals surface area contributed by atoms with Crippen LogP contribution in [-0.4, -0.2) is 68.8 Å². The Bertz CT molecular complexity index is 1470. The van der Waals surface area contributed by atoms with Crippen LogP contribution in [-0.2, 0) is 11.8 Å². The summed E-state index contributed by atoms with van der Waals surface area (Å²) in [5.74, 6) is -0.0922. The highest BCUT2D eigenvalue weighted by Crippen LogP contribution is 2.30. The van der Waals surface area contributed by atoms with E-state index in [1.54, 1.807) is 26.6 Å². The lowest BCUT2D eigenvalue weighted by Crippen LogP contribution is -2.55. The van der Waals surface area contributed by atoms with Crippen LogP contribution in [0.25, 0.3) is 33.1 Å². The second-order valence-corrected chi connectivity index (χ2v) is 9.61. The molecule has 1 atom stereocenters. The molecule has 1 fully saturated rings. The third kappa shape index (κ3) is 4.60. The van der Waals surface area contributed by atoms with E-state index in [2.05, 4.69) is 5.10 Å². The highest BCUT2D eigenvalue weighted by molar-refractivity contribution is 6.35. The fourth-order valence-corrected chi connectivity index (χ4v) is 4.91. The van der Waals surface area contributed by atoms with E-state index in [0.29, 0.717) is 42.3 Å². The van der Waals surface area contributed by atoms with Crippen molar-refractivity contribution in [3.8, 4) is 11.3 Å². The fourth-order valence-electron chi connectivity index (χ4n) is 4.64. The standard InChI is InChI=1S/C27H28ClN5O3/c1-4-11-36-27(35)33-10-9-32(15-17(33)2)26(34)19-5-7-21-22(28)14-24(29-25(21)13-19)18-6-8-23-20(12-18)16-31(3)30-23/h5-8,12-14,16-17H,4,9-11,15H2,1-3H3/t17-/m0/s1. The zero-order chi connectivity index (χ0) is 25.4. The minimum atomic E-state index is -0.321. The van der Waals surface area contributed by atoms with Crippen molar-refractivity contribution in [1.29, 1.82) is 0 Å². The molecule has 1 aliphatic rings. The summed E-state index contributed by atoms with van der Waals surface area (Å²) in [4.78, 5) is 33.9. The maximum absolute atomic E-state index is 13.3. The molecule has 5 rings (SSSR count). The number of benzene rings is 2. The van der Waals surface area contributed by atoms with Crippen LogP contribution >= 0.6 is 11.6 Å². The molecule has 36 heavy (non-hydrogen) atoms. The predicted molar refractivity (Wildman–Crippen MR) is 140 cm³/mol.